The molecule has 0 aromatic rings. The molecule has 0 amide bonds. The average molecular weight is 198 g/mol. The molecule has 0 bridgehead atoms. The van der Waals surface area contributed by atoms with Crippen molar-refractivity contribution in [1.29, 1.82) is 0 Å². The Balaban J connectivity index is 1.75. The van der Waals surface area contributed by atoms with Crippen molar-refractivity contribution < 1.29 is 14.3 Å². The van der Waals surface area contributed by atoms with Gasteiger partial charge >= 0.3 is 0 Å². The van der Waals surface area contributed by atoms with Crippen LogP contribution in [-0.2, 0) is 14.3 Å². The highest BCUT2D eigenvalue weighted by atomic mass is 16.5. The molecule has 2 aliphatic rings. The minimum Gasteiger partial charge on any atom is -0.381 e. The number of ether oxygens (including phenoxy) is 2. The minimum absolute atomic E-state index is 0.213. The van der Waals surface area contributed by atoms with Gasteiger partial charge in [0.05, 0.1) is 6.10 Å². The third kappa shape index (κ3) is 2.55. The SMILES string of the molecule is O=C(CC1CCCO1)C1CCOCC1. The lowest BCUT2D eigenvalue weighted by molar-refractivity contribution is -0.127. The second kappa shape index (κ2) is 4.89. The number of Topliss-reactive ketones (excluding diaryl/α,β-unsaturated/α-hetero) is 1. The first-order valence-electron chi connectivity index (χ1n) is 5.58. The maximum atomic E-state index is 11.8. The first-order valence-corrected chi connectivity index (χ1v) is 5.58. The van der Waals surface area contributed by atoms with Gasteiger partial charge in [-0.3, -0.25) is 4.79 Å². The van der Waals surface area contributed by atoms with Gasteiger partial charge < -0.3 is 9.47 Å². The van der Waals surface area contributed by atoms with E-state index < -0.39 is 0 Å². The molecule has 2 saturated heterocycles. The van der Waals surface area contributed by atoms with Gasteiger partial charge in [-0.2, -0.15) is 0 Å². The summed E-state index contributed by atoms with van der Waals surface area (Å²) in [6, 6.07) is 0. The number of hydrogen-bond acceptors (Lipinski definition) is 3. The van der Waals surface area contributed by atoms with Crippen LogP contribution in [0.15, 0.2) is 0 Å². The molecular weight excluding hydrogens is 180 g/mol. The Morgan fingerprint density at radius 2 is 1.93 bits per heavy atom. The van der Waals surface area contributed by atoms with E-state index in [1.165, 1.54) is 0 Å². The van der Waals surface area contributed by atoms with Gasteiger partial charge in [-0.1, -0.05) is 0 Å². The van der Waals surface area contributed by atoms with Crippen LogP contribution < -0.4 is 0 Å². The Morgan fingerprint density at radius 3 is 2.57 bits per heavy atom. The zero-order valence-corrected chi connectivity index (χ0v) is 8.54. The fraction of sp³-hybridized carbons (Fsp3) is 0.909. The fourth-order valence-corrected chi connectivity index (χ4v) is 2.22. The van der Waals surface area contributed by atoms with Crippen molar-refractivity contribution in [2.45, 2.75) is 38.2 Å². The van der Waals surface area contributed by atoms with Crippen molar-refractivity contribution in [2.24, 2.45) is 5.92 Å². The van der Waals surface area contributed by atoms with Crippen LogP contribution in [0.4, 0.5) is 0 Å². The number of carbonyl (C=O) groups is 1. The summed E-state index contributed by atoms with van der Waals surface area (Å²) in [5, 5.41) is 0. The van der Waals surface area contributed by atoms with Crippen molar-refractivity contribution in [3.05, 3.63) is 0 Å². The maximum Gasteiger partial charge on any atom is 0.138 e. The lowest BCUT2D eigenvalue weighted by Crippen LogP contribution is -2.26. The monoisotopic (exact) mass is 198 g/mol. The Morgan fingerprint density at radius 1 is 1.14 bits per heavy atom. The summed E-state index contributed by atoms with van der Waals surface area (Å²) in [7, 11) is 0. The molecule has 0 aromatic heterocycles. The minimum atomic E-state index is 0.213. The third-order valence-corrected chi connectivity index (χ3v) is 3.13. The molecule has 0 N–H and O–H groups in total. The summed E-state index contributed by atoms with van der Waals surface area (Å²) in [5.41, 5.74) is 0. The van der Waals surface area contributed by atoms with Gasteiger partial charge in [-0.05, 0) is 25.7 Å². The van der Waals surface area contributed by atoms with E-state index in [9.17, 15) is 4.79 Å². The van der Waals surface area contributed by atoms with Crippen LogP contribution in [0.5, 0.6) is 0 Å². The van der Waals surface area contributed by atoms with E-state index in [2.05, 4.69) is 0 Å². The van der Waals surface area contributed by atoms with Gasteiger partial charge in [0.15, 0.2) is 0 Å². The van der Waals surface area contributed by atoms with E-state index >= 15 is 0 Å². The van der Waals surface area contributed by atoms with E-state index in [1.54, 1.807) is 0 Å². The zero-order chi connectivity index (χ0) is 9.80. The van der Waals surface area contributed by atoms with Crippen LogP contribution in [0.3, 0.4) is 0 Å². The highest BCUT2D eigenvalue weighted by Gasteiger charge is 2.26. The molecule has 2 heterocycles. The van der Waals surface area contributed by atoms with Crippen molar-refractivity contribution in [1.82, 2.24) is 0 Å². The highest BCUT2D eigenvalue weighted by molar-refractivity contribution is 5.81. The van der Waals surface area contributed by atoms with E-state index in [0.717, 1.165) is 45.5 Å². The first-order chi connectivity index (χ1) is 6.86. The first kappa shape index (κ1) is 10.1. The highest BCUT2D eigenvalue weighted by Crippen LogP contribution is 2.22. The quantitative estimate of drug-likeness (QED) is 0.690. The Bertz CT molecular complexity index is 191. The van der Waals surface area contributed by atoms with E-state index in [1.807, 2.05) is 0 Å². The predicted octanol–water partition coefficient (Wildman–Crippen LogP) is 1.55. The van der Waals surface area contributed by atoms with Gasteiger partial charge in [0.2, 0.25) is 0 Å². The van der Waals surface area contributed by atoms with Crippen LogP contribution >= 0.6 is 0 Å². The molecule has 0 saturated carbocycles. The molecule has 1 unspecified atom stereocenters. The fourth-order valence-electron chi connectivity index (χ4n) is 2.22. The van der Waals surface area contributed by atoms with Crippen LogP contribution in [0.1, 0.15) is 32.1 Å². The third-order valence-electron chi connectivity index (χ3n) is 3.13. The van der Waals surface area contributed by atoms with Crippen LogP contribution in [0, 0.1) is 5.92 Å². The predicted molar refractivity (Wildman–Crippen MR) is 52.1 cm³/mol. The van der Waals surface area contributed by atoms with E-state index in [-0.39, 0.29) is 12.0 Å². The van der Waals surface area contributed by atoms with Crippen LogP contribution in [-0.4, -0.2) is 31.7 Å². The molecule has 1 atom stereocenters. The van der Waals surface area contributed by atoms with Crippen LogP contribution in [0.25, 0.3) is 0 Å². The Hall–Kier alpha value is -0.410. The molecule has 0 aliphatic carbocycles. The topological polar surface area (TPSA) is 35.5 Å². The standard InChI is InChI=1S/C11H18O3/c12-11(8-10-2-1-5-14-10)9-3-6-13-7-4-9/h9-10H,1-8H2. The molecule has 0 spiro atoms. The maximum absolute atomic E-state index is 11.8. The smallest absolute Gasteiger partial charge is 0.138 e. The summed E-state index contributed by atoms with van der Waals surface area (Å²) < 4.78 is 10.7. The van der Waals surface area contributed by atoms with Gasteiger partial charge in [-0.15, -0.1) is 0 Å². The molecule has 2 rings (SSSR count). The van der Waals surface area contributed by atoms with Gasteiger partial charge in [-0.25, -0.2) is 0 Å². The van der Waals surface area contributed by atoms with E-state index in [0.29, 0.717) is 12.2 Å². The van der Waals surface area contributed by atoms with Crippen LogP contribution in [0.2, 0.25) is 0 Å². The summed E-state index contributed by atoms with van der Waals surface area (Å²) in [6.45, 7) is 2.34. The molecular formula is C11H18O3. The second-order valence-corrected chi connectivity index (χ2v) is 4.19. The van der Waals surface area contributed by atoms with Gasteiger partial charge in [0.25, 0.3) is 0 Å². The second-order valence-electron chi connectivity index (χ2n) is 4.19. The summed E-state index contributed by atoms with van der Waals surface area (Å²) in [4.78, 5) is 11.8. The lowest BCUT2D eigenvalue weighted by atomic mass is 9.91. The molecule has 2 aliphatic heterocycles. The van der Waals surface area contributed by atoms with E-state index in [4.69, 9.17) is 9.47 Å². The number of ketones is 1. The Kier molecular flexibility index (Phi) is 3.54. The average Bonchev–Trinajstić information content (AvgIpc) is 2.72. The summed E-state index contributed by atoms with van der Waals surface area (Å²) >= 11 is 0. The molecule has 3 heteroatoms. The molecule has 80 valence electrons. The number of carbonyl (C=O) groups excluding carboxylic acids is 1. The number of hydrogen-bond donors (Lipinski definition) is 0. The van der Waals surface area contributed by atoms with Crippen molar-refractivity contribution in [3.63, 3.8) is 0 Å². The molecule has 14 heavy (non-hydrogen) atoms. The molecule has 0 aromatic carbocycles. The molecule has 0 radical (unpaired) electrons. The van der Waals surface area contributed by atoms with Crippen molar-refractivity contribution >= 4 is 5.78 Å². The summed E-state index contributed by atoms with van der Waals surface area (Å²) in [6.07, 6.45) is 4.84. The largest absolute Gasteiger partial charge is 0.381 e. The zero-order valence-electron chi connectivity index (χ0n) is 8.54. The molecule has 2 fully saturated rings. The van der Waals surface area contributed by atoms with Gasteiger partial charge in [0, 0.05) is 32.2 Å². The lowest BCUT2D eigenvalue weighted by Gasteiger charge is -2.21. The summed E-state index contributed by atoms with van der Waals surface area (Å²) in [5.74, 6) is 0.633. The van der Waals surface area contributed by atoms with Gasteiger partial charge in [0.1, 0.15) is 5.78 Å². The number of rotatable bonds is 3. The normalized spacial score (nSPS) is 29.3. The van der Waals surface area contributed by atoms with Crippen molar-refractivity contribution in [2.75, 3.05) is 19.8 Å². The Labute approximate surface area is 84.8 Å². The molecule has 3 nitrogen and oxygen atoms in total. The van der Waals surface area contributed by atoms with Crippen molar-refractivity contribution in [3.8, 4) is 0 Å².